The molecule has 2 fully saturated rings. The Morgan fingerprint density at radius 3 is 2.50 bits per heavy atom. The maximum Gasteiger partial charge on any atom is 0.266 e. The summed E-state index contributed by atoms with van der Waals surface area (Å²) in [4.78, 5) is 38.4. The minimum atomic E-state index is -0.915. The van der Waals surface area contributed by atoms with Crippen molar-refractivity contribution in [2.75, 3.05) is 9.96 Å². The van der Waals surface area contributed by atoms with Crippen LogP contribution in [0.3, 0.4) is 0 Å². The number of anilines is 2. The third kappa shape index (κ3) is 2.80. The summed E-state index contributed by atoms with van der Waals surface area (Å²) >= 11 is 6.24. The Hall–Kier alpha value is -3.22. The van der Waals surface area contributed by atoms with Crippen LogP contribution in [0.1, 0.15) is 17.2 Å². The van der Waals surface area contributed by atoms with E-state index in [2.05, 4.69) is 4.98 Å². The summed E-state index contributed by atoms with van der Waals surface area (Å²) < 4.78 is 0. The molecule has 5 rings (SSSR count). The number of fused-ring (bicyclic) bond motifs is 1. The summed E-state index contributed by atoms with van der Waals surface area (Å²) in [7, 11) is 0. The normalized spacial score (nSPS) is 23.2. The van der Waals surface area contributed by atoms with Crippen molar-refractivity contribution in [3.8, 4) is 0 Å². The number of imide groups is 1. The van der Waals surface area contributed by atoms with Gasteiger partial charge in [-0.2, -0.15) is 0 Å². The van der Waals surface area contributed by atoms with Crippen molar-refractivity contribution in [3.05, 3.63) is 89.2 Å². The zero-order valence-corrected chi connectivity index (χ0v) is 16.9. The van der Waals surface area contributed by atoms with Gasteiger partial charge in [-0.05, 0) is 48.4 Å². The van der Waals surface area contributed by atoms with Gasteiger partial charge in [0, 0.05) is 17.4 Å². The first-order valence-electron chi connectivity index (χ1n) is 9.62. The molecule has 30 heavy (non-hydrogen) atoms. The lowest BCUT2D eigenvalue weighted by Gasteiger charge is -2.28. The van der Waals surface area contributed by atoms with Crippen LogP contribution in [0.5, 0.6) is 0 Å². The number of nitrogens with zero attached hydrogens (tertiary/aromatic N) is 3. The molecule has 2 aliphatic rings. The van der Waals surface area contributed by atoms with E-state index < -0.39 is 18.1 Å². The molecule has 7 heteroatoms. The van der Waals surface area contributed by atoms with Gasteiger partial charge in [-0.25, -0.2) is 9.96 Å². The molecule has 2 aliphatic heterocycles. The van der Waals surface area contributed by atoms with Gasteiger partial charge in [-0.15, -0.1) is 0 Å². The number of carbonyl (C=O) groups excluding carboxylic acids is 2. The van der Waals surface area contributed by atoms with Crippen molar-refractivity contribution < 1.29 is 14.4 Å². The van der Waals surface area contributed by atoms with Gasteiger partial charge in [0.2, 0.25) is 5.91 Å². The summed E-state index contributed by atoms with van der Waals surface area (Å²) in [5, 5.41) is 2.16. The maximum absolute atomic E-state index is 13.6. The molecule has 0 saturated carbocycles. The van der Waals surface area contributed by atoms with Gasteiger partial charge in [-0.1, -0.05) is 41.9 Å². The van der Waals surface area contributed by atoms with Gasteiger partial charge in [0.05, 0.1) is 17.4 Å². The van der Waals surface area contributed by atoms with Gasteiger partial charge in [0.15, 0.2) is 6.10 Å². The molecule has 0 aliphatic carbocycles. The second kappa shape index (κ2) is 7.23. The van der Waals surface area contributed by atoms with Crippen LogP contribution in [0.25, 0.3) is 0 Å². The summed E-state index contributed by atoms with van der Waals surface area (Å²) in [6, 6.07) is 17.9. The van der Waals surface area contributed by atoms with E-state index in [0.717, 1.165) is 11.3 Å². The van der Waals surface area contributed by atoms with Crippen LogP contribution in [-0.4, -0.2) is 22.9 Å². The standard InChI is InChI=1S/C23H18ClN3O3/c1-14-17(24)10-5-11-18(14)26-22(28)19-20(15-7-6-12-25-13-15)27(30-21(19)23(26)29)16-8-3-2-4-9-16/h2-13,19-21H,1H3/t19-,20+,21-/m0/s1. The average molecular weight is 420 g/mol. The van der Waals surface area contributed by atoms with Crippen LogP contribution in [0.15, 0.2) is 73.1 Å². The summed E-state index contributed by atoms with van der Waals surface area (Å²) in [5.74, 6) is -1.38. The smallest absolute Gasteiger partial charge is 0.266 e. The van der Waals surface area contributed by atoms with Gasteiger partial charge in [0.1, 0.15) is 5.92 Å². The largest absolute Gasteiger partial charge is 0.273 e. The van der Waals surface area contributed by atoms with Crippen LogP contribution < -0.4 is 9.96 Å². The van der Waals surface area contributed by atoms with Crippen LogP contribution in [0.2, 0.25) is 5.02 Å². The molecule has 3 heterocycles. The molecule has 2 amide bonds. The Kier molecular flexibility index (Phi) is 4.53. The summed E-state index contributed by atoms with van der Waals surface area (Å²) in [5.41, 5.74) is 2.75. The number of carbonyl (C=O) groups is 2. The molecular formula is C23H18ClN3O3. The average Bonchev–Trinajstić information content (AvgIpc) is 3.28. The lowest BCUT2D eigenvalue weighted by molar-refractivity contribution is -0.126. The number of amides is 2. The number of halogens is 1. The van der Waals surface area contributed by atoms with E-state index in [1.54, 1.807) is 42.6 Å². The van der Waals surface area contributed by atoms with Crippen molar-refractivity contribution in [1.82, 2.24) is 4.98 Å². The second-order valence-corrected chi connectivity index (χ2v) is 7.75. The zero-order chi connectivity index (χ0) is 20.8. The fourth-order valence-electron chi connectivity index (χ4n) is 4.18. The molecule has 6 nitrogen and oxygen atoms in total. The number of pyridine rings is 1. The van der Waals surface area contributed by atoms with Crippen LogP contribution in [-0.2, 0) is 14.4 Å². The summed E-state index contributed by atoms with van der Waals surface area (Å²) in [6.07, 6.45) is 2.46. The van der Waals surface area contributed by atoms with E-state index in [-0.39, 0.29) is 11.8 Å². The third-order valence-corrected chi connectivity index (χ3v) is 6.04. The first-order valence-corrected chi connectivity index (χ1v) is 9.99. The lowest BCUT2D eigenvalue weighted by Crippen LogP contribution is -2.37. The fourth-order valence-corrected chi connectivity index (χ4v) is 4.35. The number of benzene rings is 2. The highest BCUT2D eigenvalue weighted by Crippen LogP contribution is 2.47. The van der Waals surface area contributed by atoms with E-state index in [1.807, 2.05) is 42.5 Å². The summed E-state index contributed by atoms with van der Waals surface area (Å²) in [6.45, 7) is 1.79. The van der Waals surface area contributed by atoms with Crippen molar-refractivity contribution in [1.29, 1.82) is 0 Å². The number of rotatable bonds is 3. The molecule has 2 aromatic carbocycles. The highest BCUT2D eigenvalue weighted by molar-refractivity contribution is 6.32. The van der Waals surface area contributed by atoms with Crippen molar-refractivity contribution in [2.24, 2.45) is 5.92 Å². The van der Waals surface area contributed by atoms with E-state index in [4.69, 9.17) is 16.4 Å². The molecule has 2 saturated heterocycles. The van der Waals surface area contributed by atoms with Crippen molar-refractivity contribution >= 4 is 34.8 Å². The number of hydrogen-bond donors (Lipinski definition) is 0. The lowest BCUT2D eigenvalue weighted by atomic mass is 9.91. The highest BCUT2D eigenvalue weighted by Gasteiger charge is 2.60. The fraction of sp³-hybridized carbons (Fsp3) is 0.174. The first kappa shape index (κ1) is 18.8. The molecule has 3 atom stereocenters. The Labute approximate surface area is 178 Å². The second-order valence-electron chi connectivity index (χ2n) is 7.34. The predicted octanol–water partition coefficient (Wildman–Crippen LogP) is 4.09. The molecule has 0 unspecified atom stereocenters. The van der Waals surface area contributed by atoms with Gasteiger partial charge < -0.3 is 0 Å². The Morgan fingerprint density at radius 1 is 0.967 bits per heavy atom. The Morgan fingerprint density at radius 2 is 1.77 bits per heavy atom. The highest BCUT2D eigenvalue weighted by atomic mass is 35.5. The zero-order valence-electron chi connectivity index (χ0n) is 16.1. The van der Waals surface area contributed by atoms with Crippen LogP contribution in [0.4, 0.5) is 11.4 Å². The number of aromatic nitrogens is 1. The molecule has 150 valence electrons. The molecule has 0 spiro atoms. The molecular weight excluding hydrogens is 402 g/mol. The monoisotopic (exact) mass is 419 g/mol. The number of para-hydroxylation sites is 1. The van der Waals surface area contributed by atoms with Crippen LogP contribution >= 0.6 is 11.6 Å². The molecule has 3 aromatic rings. The number of hydroxylamine groups is 1. The van der Waals surface area contributed by atoms with Crippen molar-refractivity contribution in [3.63, 3.8) is 0 Å². The minimum Gasteiger partial charge on any atom is -0.273 e. The molecule has 0 radical (unpaired) electrons. The number of hydrogen-bond acceptors (Lipinski definition) is 5. The molecule has 0 bridgehead atoms. The quantitative estimate of drug-likeness (QED) is 0.598. The SMILES string of the molecule is Cc1c(Cl)cccc1N1C(=O)[C@@H]2[C@H](ON(c3ccccc3)[C@@H]2c2cccnc2)C1=O. The topological polar surface area (TPSA) is 62.7 Å². The predicted molar refractivity (Wildman–Crippen MR) is 113 cm³/mol. The van der Waals surface area contributed by atoms with E-state index in [0.29, 0.717) is 16.3 Å². The Balaban J connectivity index is 1.60. The van der Waals surface area contributed by atoms with Crippen molar-refractivity contribution in [2.45, 2.75) is 19.1 Å². The van der Waals surface area contributed by atoms with E-state index >= 15 is 0 Å². The first-order chi connectivity index (χ1) is 14.6. The van der Waals surface area contributed by atoms with E-state index in [9.17, 15) is 9.59 Å². The molecule has 1 aromatic heterocycles. The molecule has 0 N–H and O–H groups in total. The minimum absolute atomic E-state index is 0.303. The van der Waals surface area contributed by atoms with Gasteiger partial charge in [0.25, 0.3) is 5.91 Å². The maximum atomic E-state index is 13.6. The Bertz CT molecular complexity index is 1120. The van der Waals surface area contributed by atoms with E-state index in [1.165, 1.54) is 4.90 Å². The van der Waals surface area contributed by atoms with Gasteiger partial charge in [-0.3, -0.25) is 19.4 Å². The van der Waals surface area contributed by atoms with Crippen LogP contribution in [0, 0.1) is 12.8 Å². The third-order valence-electron chi connectivity index (χ3n) is 5.63. The van der Waals surface area contributed by atoms with Gasteiger partial charge >= 0.3 is 0 Å².